The first-order chi connectivity index (χ1) is 16.1. The van der Waals surface area contributed by atoms with Crippen molar-refractivity contribution >= 4 is 23.2 Å². The molecule has 0 fully saturated rings. The fourth-order valence-corrected chi connectivity index (χ4v) is 4.24. The molecule has 3 aromatic rings. The Hall–Kier alpha value is -3.60. The van der Waals surface area contributed by atoms with Crippen LogP contribution in [0.4, 0.5) is 13.2 Å². The monoisotopic (exact) mass is 493 g/mol. The smallest absolute Gasteiger partial charge is 0.484 e. The van der Waals surface area contributed by atoms with Crippen LogP contribution in [0.15, 0.2) is 54.6 Å². The molecule has 7 nitrogen and oxygen atoms in total. The van der Waals surface area contributed by atoms with E-state index in [-0.39, 0.29) is 30.5 Å². The molecule has 0 saturated carbocycles. The minimum absolute atomic E-state index is 0.0746. The van der Waals surface area contributed by atoms with E-state index < -0.39 is 23.9 Å². The number of ether oxygens (including phenoxy) is 2. The first-order valence-corrected chi connectivity index (χ1v) is 11.0. The SMILES string of the molecule is C[C@@H](Cc1sc(CNC(=O)COc2ccc(OC(F)(F)F)cc2)nc1C(N)=O)c1ccccc1. The number of benzene rings is 2. The van der Waals surface area contributed by atoms with Crippen LogP contribution in [0.5, 0.6) is 11.5 Å². The van der Waals surface area contributed by atoms with Gasteiger partial charge in [-0.3, -0.25) is 9.59 Å². The lowest BCUT2D eigenvalue weighted by atomic mass is 9.96. The molecule has 0 aliphatic carbocycles. The van der Waals surface area contributed by atoms with Gasteiger partial charge in [-0.1, -0.05) is 37.3 Å². The largest absolute Gasteiger partial charge is 0.573 e. The van der Waals surface area contributed by atoms with Gasteiger partial charge in [-0.25, -0.2) is 4.98 Å². The number of aromatic nitrogens is 1. The van der Waals surface area contributed by atoms with Gasteiger partial charge in [-0.2, -0.15) is 0 Å². The second kappa shape index (κ2) is 11.0. The predicted molar refractivity (Wildman–Crippen MR) is 120 cm³/mol. The molecule has 0 bridgehead atoms. The van der Waals surface area contributed by atoms with Crippen molar-refractivity contribution in [2.45, 2.75) is 32.2 Å². The molecule has 2 aromatic carbocycles. The van der Waals surface area contributed by atoms with E-state index in [1.54, 1.807) is 0 Å². The standard InChI is InChI=1S/C23H22F3N3O4S/c1-14(15-5-3-2-4-6-15)11-18-21(22(27)31)29-20(34-18)12-28-19(30)13-32-16-7-9-17(10-8-16)33-23(24,25)26/h2-10,14H,11-13H2,1H3,(H2,27,31)(H,28,30)/t14-/m0/s1. The van der Waals surface area contributed by atoms with Gasteiger partial charge in [0.15, 0.2) is 6.61 Å². The zero-order valence-corrected chi connectivity index (χ0v) is 18.9. The zero-order chi connectivity index (χ0) is 24.7. The van der Waals surface area contributed by atoms with Crippen LogP contribution in [0, 0.1) is 0 Å². The first-order valence-electron chi connectivity index (χ1n) is 10.2. The topological polar surface area (TPSA) is 104 Å². The van der Waals surface area contributed by atoms with Crippen LogP contribution >= 0.6 is 11.3 Å². The fraction of sp³-hybridized carbons (Fsp3) is 0.261. The van der Waals surface area contributed by atoms with Gasteiger partial charge in [0, 0.05) is 4.88 Å². The normalized spacial score (nSPS) is 12.1. The summed E-state index contributed by atoms with van der Waals surface area (Å²) in [6, 6.07) is 14.5. The lowest BCUT2D eigenvalue weighted by molar-refractivity contribution is -0.274. The number of hydrogen-bond donors (Lipinski definition) is 2. The highest BCUT2D eigenvalue weighted by Crippen LogP contribution is 2.27. The molecule has 1 aromatic heterocycles. The van der Waals surface area contributed by atoms with Gasteiger partial charge in [0.2, 0.25) is 0 Å². The third-order valence-electron chi connectivity index (χ3n) is 4.70. The molecule has 34 heavy (non-hydrogen) atoms. The van der Waals surface area contributed by atoms with Crippen molar-refractivity contribution in [3.63, 3.8) is 0 Å². The summed E-state index contributed by atoms with van der Waals surface area (Å²) in [4.78, 5) is 29.0. The van der Waals surface area contributed by atoms with Crippen molar-refractivity contribution in [2.75, 3.05) is 6.61 Å². The number of carbonyl (C=O) groups excluding carboxylic acids is 2. The fourth-order valence-electron chi connectivity index (χ4n) is 3.10. The van der Waals surface area contributed by atoms with E-state index in [2.05, 4.69) is 15.0 Å². The van der Waals surface area contributed by atoms with Crippen molar-refractivity contribution in [3.8, 4) is 11.5 Å². The van der Waals surface area contributed by atoms with E-state index in [0.717, 1.165) is 22.6 Å². The van der Waals surface area contributed by atoms with E-state index in [4.69, 9.17) is 10.5 Å². The van der Waals surface area contributed by atoms with Crippen LogP contribution in [0.3, 0.4) is 0 Å². The molecule has 0 aliphatic rings. The van der Waals surface area contributed by atoms with Crippen molar-refractivity contribution < 1.29 is 32.2 Å². The van der Waals surface area contributed by atoms with Crippen molar-refractivity contribution in [1.82, 2.24) is 10.3 Å². The lowest BCUT2D eigenvalue weighted by Gasteiger charge is -2.10. The van der Waals surface area contributed by atoms with Crippen LogP contribution in [0.25, 0.3) is 0 Å². The Morgan fingerprint density at radius 3 is 2.35 bits per heavy atom. The Kier molecular flexibility index (Phi) is 8.11. The van der Waals surface area contributed by atoms with Crippen LogP contribution in [-0.4, -0.2) is 29.8 Å². The molecule has 3 rings (SSSR count). The Morgan fingerprint density at radius 2 is 1.74 bits per heavy atom. The van der Waals surface area contributed by atoms with Crippen molar-refractivity contribution in [1.29, 1.82) is 0 Å². The number of nitrogens with two attached hydrogens (primary N) is 1. The van der Waals surface area contributed by atoms with E-state index in [1.165, 1.54) is 23.5 Å². The van der Waals surface area contributed by atoms with Crippen molar-refractivity contribution in [3.05, 3.63) is 75.7 Å². The maximum absolute atomic E-state index is 12.2. The second-order valence-corrected chi connectivity index (χ2v) is 8.51. The summed E-state index contributed by atoms with van der Waals surface area (Å²) >= 11 is 1.30. The Morgan fingerprint density at radius 1 is 1.09 bits per heavy atom. The molecule has 0 aliphatic heterocycles. The van der Waals surface area contributed by atoms with Gasteiger partial charge >= 0.3 is 6.36 Å². The summed E-state index contributed by atoms with van der Waals surface area (Å²) < 4.78 is 45.6. The maximum atomic E-state index is 12.2. The van der Waals surface area contributed by atoms with Gasteiger partial charge < -0.3 is 20.5 Å². The van der Waals surface area contributed by atoms with Gasteiger partial charge in [0.1, 0.15) is 22.2 Å². The summed E-state index contributed by atoms with van der Waals surface area (Å²) in [5.74, 6) is -1.15. The van der Waals surface area contributed by atoms with E-state index >= 15 is 0 Å². The van der Waals surface area contributed by atoms with Crippen LogP contribution < -0.4 is 20.5 Å². The molecule has 0 unspecified atom stereocenters. The van der Waals surface area contributed by atoms with Gasteiger partial charge in [-0.15, -0.1) is 24.5 Å². The maximum Gasteiger partial charge on any atom is 0.573 e. The van der Waals surface area contributed by atoms with Crippen LogP contribution in [-0.2, 0) is 17.8 Å². The number of amides is 2. The quantitative estimate of drug-likeness (QED) is 0.441. The van der Waals surface area contributed by atoms with Crippen LogP contribution in [0.2, 0.25) is 0 Å². The third kappa shape index (κ3) is 7.48. The molecule has 3 N–H and O–H groups in total. The number of halogens is 3. The number of alkyl halides is 3. The average Bonchev–Trinajstić information content (AvgIpc) is 3.19. The van der Waals surface area contributed by atoms with Gasteiger partial charge in [0.25, 0.3) is 11.8 Å². The molecule has 1 atom stereocenters. The number of rotatable bonds is 10. The third-order valence-corrected chi connectivity index (χ3v) is 5.78. The van der Waals surface area contributed by atoms with Gasteiger partial charge in [0.05, 0.1) is 6.54 Å². The summed E-state index contributed by atoms with van der Waals surface area (Å²) in [6.45, 7) is 1.76. The van der Waals surface area contributed by atoms with Gasteiger partial charge in [-0.05, 0) is 42.2 Å². The minimum atomic E-state index is -4.79. The minimum Gasteiger partial charge on any atom is -0.484 e. The molecule has 0 saturated heterocycles. The number of nitrogens with one attached hydrogen (secondary N) is 1. The molecule has 0 radical (unpaired) electrons. The van der Waals surface area contributed by atoms with E-state index in [0.29, 0.717) is 11.4 Å². The summed E-state index contributed by atoms with van der Waals surface area (Å²) in [6.07, 6.45) is -4.21. The highest BCUT2D eigenvalue weighted by molar-refractivity contribution is 7.11. The molecule has 0 spiro atoms. The van der Waals surface area contributed by atoms with Crippen molar-refractivity contribution in [2.24, 2.45) is 5.73 Å². The summed E-state index contributed by atoms with van der Waals surface area (Å²) in [7, 11) is 0. The van der Waals surface area contributed by atoms with Crippen LogP contribution in [0.1, 0.15) is 38.8 Å². The number of hydrogen-bond acceptors (Lipinski definition) is 6. The van der Waals surface area contributed by atoms with E-state index in [9.17, 15) is 22.8 Å². The Bertz CT molecular complexity index is 1120. The first kappa shape index (κ1) is 25.0. The molecular weight excluding hydrogens is 471 g/mol. The molecular formula is C23H22F3N3O4S. The summed E-state index contributed by atoms with van der Waals surface area (Å²) in [5, 5.41) is 3.15. The van der Waals surface area contributed by atoms with E-state index in [1.807, 2.05) is 37.3 Å². The highest BCUT2D eigenvalue weighted by atomic mass is 32.1. The molecule has 1 heterocycles. The zero-order valence-electron chi connectivity index (χ0n) is 18.1. The second-order valence-electron chi connectivity index (χ2n) is 7.34. The summed E-state index contributed by atoms with van der Waals surface area (Å²) in [5.41, 5.74) is 6.79. The molecule has 2 amide bonds. The number of thiazole rings is 1. The molecule has 180 valence electrons. The molecule has 11 heteroatoms. The highest BCUT2D eigenvalue weighted by Gasteiger charge is 2.31. The number of primary amides is 1. The Balaban J connectivity index is 1.53. The lowest BCUT2D eigenvalue weighted by Crippen LogP contribution is -2.28. The predicted octanol–water partition coefficient (Wildman–Crippen LogP) is 4.18. The number of nitrogens with zero attached hydrogens (tertiary/aromatic N) is 1. The number of carbonyl (C=O) groups is 2. The average molecular weight is 494 g/mol. The Labute approximate surface area is 197 Å².